The van der Waals surface area contributed by atoms with Crippen molar-refractivity contribution in [1.82, 2.24) is 0 Å². The van der Waals surface area contributed by atoms with Crippen molar-refractivity contribution < 1.29 is 20.2 Å². The Morgan fingerprint density at radius 1 is 1.25 bits per heavy atom. The Morgan fingerprint density at radius 2 is 1.88 bits per heavy atom. The van der Waals surface area contributed by atoms with Gasteiger partial charge in [-0.15, -0.1) is 0 Å². The standard InChI is InChI=1S/C7H5N3O6/c11-7-4(3-8-12)1-5(9(13)14)2-6(7)10(15)16/h1-3,11-12H/b8-3+. The van der Waals surface area contributed by atoms with Gasteiger partial charge < -0.3 is 10.3 Å². The summed E-state index contributed by atoms with van der Waals surface area (Å²) in [6.45, 7) is 0. The first-order valence-corrected chi connectivity index (χ1v) is 3.80. The SMILES string of the molecule is O=[N+]([O-])c1cc(/C=N/O)c(O)c([N+](=O)[O-])c1. The molecule has 0 unspecified atom stereocenters. The average molecular weight is 227 g/mol. The minimum Gasteiger partial charge on any atom is -0.502 e. The van der Waals surface area contributed by atoms with Crippen LogP contribution in [0.25, 0.3) is 0 Å². The molecule has 9 nitrogen and oxygen atoms in total. The summed E-state index contributed by atoms with van der Waals surface area (Å²) in [5, 5.41) is 41.0. The third-order valence-corrected chi connectivity index (χ3v) is 1.71. The van der Waals surface area contributed by atoms with Crippen LogP contribution in [0.1, 0.15) is 5.56 Å². The number of nitro benzene ring substituents is 2. The quantitative estimate of drug-likeness (QED) is 0.342. The Hall–Kier alpha value is -2.71. The van der Waals surface area contributed by atoms with Gasteiger partial charge in [-0.1, -0.05) is 5.16 Å². The number of benzene rings is 1. The molecule has 1 aromatic rings. The summed E-state index contributed by atoms with van der Waals surface area (Å²) in [5.41, 5.74) is -1.73. The maximum atomic E-state index is 10.5. The first kappa shape index (κ1) is 11.4. The summed E-state index contributed by atoms with van der Waals surface area (Å²) in [6, 6.07) is 1.46. The van der Waals surface area contributed by atoms with E-state index in [-0.39, 0.29) is 5.56 Å². The van der Waals surface area contributed by atoms with Gasteiger partial charge in [-0.25, -0.2) is 0 Å². The first-order valence-electron chi connectivity index (χ1n) is 3.80. The van der Waals surface area contributed by atoms with Gasteiger partial charge in [-0.05, 0) is 0 Å². The molecule has 16 heavy (non-hydrogen) atoms. The predicted octanol–water partition coefficient (Wildman–Crippen LogP) is 1.02. The van der Waals surface area contributed by atoms with E-state index < -0.39 is 27.0 Å². The first-order chi connectivity index (χ1) is 7.47. The van der Waals surface area contributed by atoms with Gasteiger partial charge in [0.1, 0.15) is 0 Å². The maximum absolute atomic E-state index is 10.5. The highest BCUT2D eigenvalue weighted by Crippen LogP contribution is 2.33. The van der Waals surface area contributed by atoms with Crippen molar-refractivity contribution in [2.45, 2.75) is 0 Å². The number of oxime groups is 1. The molecule has 0 heterocycles. The molecule has 9 heteroatoms. The van der Waals surface area contributed by atoms with Crippen LogP contribution in [-0.2, 0) is 0 Å². The Kier molecular flexibility index (Phi) is 2.99. The van der Waals surface area contributed by atoms with E-state index in [1.807, 2.05) is 0 Å². The van der Waals surface area contributed by atoms with Gasteiger partial charge in [-0.3, -0.25) is 20.2 Å². The minimum absolute atomic E-state index is 0.316. The van der Waals surface area contributed by atoms with E-state index >= 15 is 0 Å². The van der Waals surface area contributed by atoms with Crippen molar-refractivity contribution in [2.75, 3.05) is 0 Å². The molecule has 0 amide bonds. The number of aromatic hydroxyl groups is 1. The second kappa shape index (κ2) is 4.21. The van der Waals surface area contributed by atoms with E-state index in [1.54, 1.807) is 0 Å². The van der Waals surface area contributed by atoms with Crippen LogP contribution in [0.2, 0.25) is 0 Å². The van der Waals surface area contributed by atoms with Gasteiger partial charge in [0.05, 0.1) is 27.7 Å². The molecule has 0 bridgehead atoms. The van der Waals surface area contributed by atoms with Crippen LogP contribution < -0.4 is 0 Å². The Labute approximate surface area is 87.5 Å². The van der Waals surface area contributed by atoms with Gasteiger partial charge in [0.2, 0.25) is 5.75 Å². The van der Waals surface area contributed by atoms with Crippen molar-refractivity contribution in [3.05, 3.63) is 37.9 Å². The topological polar surface area (TPSA) is 139 Å². The lowest BCUT2D eigenvalue weighted by Gasteiger charge is -1.99. The third-order valence-electron chi connectivity index (χ3n) is 1.71. The van der Waals surface area contributed by atoms with Crippen molar-refractivity contribution in [2.24, 2.45) is 5.16 Å². The summed E-state index contributed by atoms with van der Waals surface area (Å²) in [4.78, 5) is 19.1. The lowest BCUT2D eigenvalue weighted by Crippen LogP contribution is -1.96. The van der Waals surface area contributed by atoms with E-state index in [4.69, 9.17) is 5.21 Å². The molecule has 1 rings (SSSR count). The van der Waals surface area contributed by atoms with E-state index in [2.05, 4.69) is 5.16 Å². The molecule has 0 fully saturated rings. The fourth-order valence-corrected chi connectivity index (χ4v) is 1.03. The minimum atomic E-state index is -0.975. The largest absolute Gasteiger partial charge is 0.502 e. The zero-order valence-corrected chi connectivity index (χ0v) is 7.60. The molecule has 0 aromatic heterocycles. The van der Waals surface area contributed by atoms with E-state index in [0.29, 0.717) is 12.3 Å². The van der Waals surface area contributed by atoms with Gasteiger partial charge in [0.25, 0.3) is 5.69 Å². The van der Waals surface area contributed by atoms with Crippen molar-refractivity contribution in [1.29, 1.82) is 0 Å². The summed E-state index contributed by atoms with van der Waals surface area (Å²) in [7, 11) is 0. The molecule has 2 N–H and O–H groups in total. The summed E-state index contributed by atoms with van der Waals surface area (Å²) in [6.07, 6.45) is 0.662. The van der Waals surface area contributed by atoms with Crippen molar-refractivity contribution in [3.63, 3.8) is 0 Å². The number of nitro groups is 2. The molecule has 0 aliphatic rings. The molecule has 0 aliphatic carbocycles. The number of phenols is 1. The van der Waals surface area contributed by atoms with Crippen LogP contribution in [0, 0.1) is 20.2 Å². The monoisotopic (exact) mass is 227 g/mol. The molecular weight excluding hydrogens is 222 g/mol. The molecule has 1 aromatic carbocycles. The average Bonchev–Trinajstić information content (AvgIpc) is 2.20. The summed E-state index contributed by atoms with van der Waals surface area (Å²) in [5.74, 6) is -0.798. The Bertz CT molecular complexity index is 483. The predicted molar refractivity (Wildman–Crippen MR) is 50.8 cm³/mol. The van der Waals surface area contributed by atoms with Crippen LogP contribution >= 0.6 is 0 Å². The fourth-order valence-electron chi connectivity index (χ4n) is 1.03. The molecule has 0 atom stereocenters. The van der Waals surface area contributed by atoms with Crippen molar-refractivity contribution in [3.8, 4) is 5.75 Å². The molecular formula is C7H5N3O6. The lowest BCUT2D eigenvalue weighted by atomic mass is 10.1. The van der Waals surface area contributed by atoms with Gasteiger partial charge in [0, 0.05) is 6.07 Å². The zero-order valence-electron chi connectivity index (χ0n) is 7.60. The molecule has 84 valence electrons. The molecule has 0 spiro atoms. The molecule has 0 saturated heterocycles. The Morgan fingerprint density at radius 3 is 2.31 bits per heavy atom. The smallest absolute Gasteiger partial charge is 0.318 e. The number of nitrogens with zero attached hydrogens (tertiary/aromatic N) is 3. The normalized spacial score (nSPS) is 10.5. The van der Waals surface area contributed by atoms with Crippen LogP contribution in [0.15, 0.2) is 17.3 Å². The highest BCUT2D eigenvalue weighted by atomic mass is 16.6. The number of phenolic OH excluding ortho intramolecular Hbond substituents is 1. The van der Waals surface area contributed by atoms with E-state index in [1.165, 1.54) is 0 Å². The summed E-state index contributed by atoms with van der Waals surface area (Å²) >= 11 is 0. The second-order valence-electron chi connectivity index (χ2n) is 2.66. The van der Waals surface area contributed by atoms with Gasteiger partial charge in [0.15, 0.2) is 0 Å². The van der Waals surface area contributed by atoms with Gasteiger partial charge in [-0.2, -0.15) is 0 Å². The van der Waals surface area contributed by atoms with Crippen LogP contribution in [0.4, 0.5) is 11.4 Å². The van der Waals surface area contributed by atoms with E-state index in [9.17, 15) is 25.3 Å². The number of hydrogen-bond donors (Lipinski definition) is 2. The molecule has 0 aliphatic heterocycles. The second-order valence-corrected chi connectivity index (χ2v) is 2.66. The van der Waals surface area contributed by atoms with Crippen molar-refractivity contribution >= 4 is 17.6 Å². The highest BCUT2D eigenvalue weighted by molar-refractivity contribution is 5.86. The van der Waals surface area contributed by atoms with Crippen LogP contribution in [0.5, 0.6) is 5.75 Å². The van der Waals surface area contributed by atoms with Crippen LogP contribution in [0.3, 0.4) is 0 Å². The zero-order chi connectivity index (χ0) is 12.3. The highest BCUT2D eigenvalue weighted by Gasteiger charge is 2.22. The molecule has 0 radical (unpaired) electrons. The number of rotatable bonds is 3. The molecule has 0 saturated carbocycles. The third kappa shape index (κ3) is 2.03. The van der Waals surface area contributed by atoms with Gasteiger partial charge >= 0.3 is 5.69 Å². The van der Waals surface area contributed by atoms with Crippen LogP contribution in [-0.4, -0.2) is 26.4 Å². The van der Waals surface area contributed by atoms with E-state index in [0.717, 1.165) is 6.07 Å². The lowest BCUT2D eigenvalue weighted by molar-refractivity contribution is -0.394. The maximum Gasteiger partial charge on any atom is 0.318 e. The fraction of sp³-hybridized carbons (Fsp3) is 0. The Balaban J connectivity index is 3.50. The number of hydrogen-bond acceptors (Lipinski definition) is 7. The summed E-state index contributed by atoms with van der Waals surface area (Å²) < 4.78 is 0. The number of non-ortho nitro benzene ring substituents is 1.